The molecule has 0 aliphatic rings. The lowest BCUT2D eigenvalue weighted by molar-refractivity contribution is -0.149. The number of alkyl halides is 12. The van der Waals surface area contributed by atoms with Gasteiger partial charge in [-0.25, -0.2) is 19.9 Å². The van der Waals surface area contributed by atoms with Crippen LogP contribution in [0.15, 0.2) is 18.7 Å². The van der Waals surface area contributed by atoms with E-state index in [4.69, 9.17) is 0 Å². The van der Waals surface area contributed by atoms with Crippen LogP contribution in [0.4, 0.5) is 52.7 Å². The summed E-state index contributed by atoms with van der Waals surface area (Å²) in [5.74, 6) is -4.09. The molecule has 0 saturated heterocycles. The van der Waals surface area contributed by atoms with Gasteiger partial charge in [-0.1, -0.05) is 0 Å². The quantitative estimate of drug-likeness (QED) is 0.241. The van der Waals surface area contributed by atoms with Gasteiger partial charge in [0.05, 0.1) is 18.2 Å². The Morgan fingerprint density at radius 1 is 0.647 bits per heavy atom. The molecular formula is C16H6F12N4O2. The van der Waals surface area contributed by atoms with Crippen molar-refractivity contribution in [3.63, 3.8) is 0 Å². The molecule has 2 rings (SSSR count). The molecule has 0 radical (unpaired) electrons. The molecule has 0 atom stereocenters. The number of carbonyl (C=O) groups is 1. The maximum Gasteiger partial charge on any atom is 0.434 e. The second-order valence-electron chi connectivity index (χ2n) is 5.96. The lowest BCUT2D eigenvalue weighted by atomic mass is 10.0. The van der Waals surface area contributed by atoms with E-state index in [2.05, 4.69) is 24.7 Å². The Morgan fingerprint density at radius 3 is 1.21 bits per heavy atom. The molecule has 0 aromatic carbocycles. The van der Waals surface area contributed by atoms with E-state index in [9.17, 15) is 57.5 Å². The number of nitrogens with zero attached hydrogens (tertiary/aromatic N) is 4. The Bertz CT molecular complexity index is 1050. The first kappa shape index (κ1) is 26.8. The van der Waals surface area contributed by atoms with Crippen molar-refractivity contribution in [3.05, 3.63) is 52.6 Å². The first-order chi connectivity index (χ1) is 15.3. The lowest BCUT2D eigenvalue weighted by Gasteiger charge is -2.18. The molecule has 0 spiro atoms. The number of carbonyl (C=O) groups excluding carboxylic acids is 1. The SMILES string of the molecule is CO/C(=C\C(=O)c1c(C(F)(F)F)ncnc1C(F)(F)F)c1c(C(F)(F)F)ncnc1C(F)(F)F. The summed E-state index contributed by atoms with van der Waals surface area (Å²) in [4.78, 5) is 22.8. The summed E-state index contributed by atoms with van der Waals surface area (Å²) in [6, 6.07) is 0. The minimum Gasteiger partial charge on any atom is -0.496 e. The van der Waals surface area contributed by atoms with Crippen molar-refractivity contribution in [2.45, 2.75) is 24.7 Å². The van der Waals surface area contributed by atoms with Gasteiger partial charge in [0.1, 0.15) is 18.4 Å². The van der Waals surface area contributed by atoms with Crippen molar-refractivity contribution < 1.29 is 62.2 Å². The van der Waals surface area contributed by atoms with Gasteiger partial charge in [-0.15, -0.1) is 0 Å². The molecule has 186 valence electrons. The number of ether oxygens (including phenoxy) is 1. The van der Waals surface area contributed by atoms with Crippen LogP contribution < -0.4 is 0 Å². The molecule has 0 unspecified atom stereocenters. The highest BCUT2D eigenvalue weighted by atomic mass is 19.4. The van der Waals surface area contributed by atoms with Crippen LogP contribution in [0.2, 0.25) is 0 Å². The van der Waals surface area contributed by atoms with E-state index >= 15 is 0 Å². The molecule has 34 heavy (non-hydrogen) atoms. The van der Waals surface area contributed by atoms with Crippen LogP contribution in [0.5, 0.6) is 0 Å². The van der Waals surface area contributed by atoms with Gasteiger partial charge >= 0.3 is 24.7 Å². The molecule has 2 heterocycles. The zero-order chi connectivity index (χ0) is 26.3. The summed E-state index contributed by atoms with van der Waals surface area (Å²) >= 11 is 0. The molecular weight excluding hydrogens is 508 g/mol. The summed E-state index contributed by atoms with van der Waals surface area (Å²) in [6.45, 7) is 0. The van der Waals surface area contributed by atoms with Gasteiger partial charge in [-0.2, -0.15) is 52.7 Å². The van der Waals surface area contributed by atoms with Gasteiger partial charge in [0.25, 0.3) is 0 Å². The van der Waals surface area contributed by atoms with Crippen molar-refractivity contribution in [1.82, 2.24) is 19.9 Å². The second kappa shape index (κ2) is 8.71. The van der Waals surface area contributed by atoms with Gasteiger partial charge in [-0.05, 0) is 0 Å². The van der Waals surface area contributed by atoms with E-state index in [0.29, 0.717) is 7.11 Å². The van der Waals surface area contributed by atoms with E-state index in [1.807, 2.05) is 0 Å². The Kier molecular flexibility index (Phi) is 6.86. The number of hydrogen-bond acceptors (Lipinski definition) is 6. The largest absolute Gasteiger partial charge is 0.496 e. The van der Waals surface area contributed by atoms with E-state index < -0.39 is 76.2 Å². The fraction of sp³-hybridized carbons (Fsp3) is 0.312. The van der Waals surface area contributed by atoms with E-state index in [-0.39, 0.29) is 12.7 Å². The van der Waals surface area contributed by atoms with E-state index in [1.54, 1.807) is 0 Å². The highest BCUT2D eigenvalue weighted by molar-refractivity contribution is 6.09. The van der Waals surface area contributed by atoms with Crippen molar-refractivity contribution in [2.75, 3.05) is 7.11 Å². The summed E-state index contributed by atoms with van der Waals surface area (Å²) in [5, 5.41) is 0. The number of rotatable bonds is 4. The third-order valence-electron chi connectivity index (χ3n) is 3.74. The maximum atomic E-state index is 13.3. The van der Waals surface area contributed by atoms with Crippen molar-refractivity contribution in [1.29, 1.82) is 0 Å². The molecule has 18 heteroatoms. The fourth-order valence-corrected chi connectivity index (χ4v) is 2.52. The molecule has 0 bridgehead atoms. The zero-order valence-corrected chi connectivity index (χ0v) is 15.9. The summed E-state index contributed by atoms with van der Waals surface area (Å²) in [7, 11) is 0.406. The average Bonchev–Trinajstić information content (AvgIpc) is 2.68. The predicted octanol–water partition coefficient (Wildman–Crippen LogP) is 5.21. The highest BCUT2D eigenvalue weighted by Gasteiger charge is 2.47. The lowest BCUT2D eigenvalue weighted by Crippen LogP contribution is -2.23. The fourth-order valence-electron chi connectivity index (χ4n) is 2.52. The molecule has 2 aromatic rings. The summed E-state index contributed by atoms with van der Waals surface area (Å²) < 4.78 is 163. The van der Waals surface area contributed by atoms with Crippen LogP contribution in [-0.2, 0) is 29.4 Å². The molecule has 2 aromatic heterocycles. The Hall–Kier alpha value is -3.47. The van der Waals surface area contributed by atoms with Crippen LogP contribution in [0.3, 0.4) is 0 Å². The summed E-state index contributed by atoms with van der Waals surface area (Å²) in [6.07, 6.45) is -23.4. The molecule has 0 aliphatic carbocycles. The minimum atomic E-state index is -5.70. The van der Waals surface area contributed by atoms with Gasteiger partial charge in [-0.3, -0.25) is 4.79 Å². The Labute approximate surface area is 179 Å². The normalized spacial score (nSPS) is 13.7. The van der Waals surface area contributed by atoms with Crippen LogP contribution >= 0.6 is 0 Å². The van der Waals surface area contributed by atoms with Crippen molar-refractivity contribution in [2.24, 2.45) is 0 Å². The minimum absolute atomic E-state index is 0.140. The number of methoxy groups -OCH3 is 1. The molecule has 0 fully saturated rings. The maximum absolute atomic E-state index is 13.3. The Morgan fingerprint density at radius 2 is 0.941 bits per heavy atom. The van der Waals surface area contributed by atoms with Gasteiger partial charge < -0.3 is 4.74 Å². The molecule has 0 saturated carbocycles. The molecule has 0 amide bonds. The topological polar surface area (TPSA) is 77.9 Å². The number of allylic oxidation sites excluding steroid dienone is 1. The third kappa shape index (κ3) is 5.53. The van der Waals surface area contributed by atoms with Gasteiger partial charge in [0.15, 0.2) is 28.6 Å². The van der Waals surface area contributed by atoms with Gasteiger partial charge in [0, 0.05) is 6.08 Å². The zero-order valence-electron chi connectivity index (χ0n) is 15.9. The first-order valence-electron chi connectivity index (χ1n) is 8.09. The molecule has 6 nitrogen and oxygen atoms in total. The van der Waals surface area contributed by atoms with Crippen LogP contribution in [0, 0.1) is 0 Å². The van der Waals surface area contributed by atoms with Crippen LogP contribution in [0.25, 0.3) is 5.76 Å². The van der Waals surface area contributed by atoms with Crippen LogP contribution in [-0.4, -0.2) is 32.8 Å². The van der Waals surface area contributed by atoms with Crippen LogP contribution in [0.1, 0.15) is 38.7 Å². The van der Waals surface area contributed by atoms with Gasteiger partial charge in [0.2, 0.25) is 0 Å². The number of hydrogen-bond donors (Lipinski definition) is 0. The summed E-state index contributed by atoms with van der Waals surface area (Å²) in [5.41, 5.74) is -13.9. The first-order valence-corrected chi connectivity index (χ1v) is 8.09. The molecule has 0 N–H and O–H groups in total. The average molecular weight is 514 g/mol. The third-order valence-corrected chi connectivity index (χ3v) is 3.74. The number of halogens is 12. The monoisotopic (exact) mass is 514 g/mol. The second-order valence-corrected chi connectivity index (χ2v) is 5.96. The predicted molar refractivity (Wildman–Crippen MR) is 83.4 cm³/mol. The van der Waals surface area contributed by atoms with Crippen molar-refractivity contribution in [3.8, 4) is 0 Å². The highest BCUT2D eigenvalue weighted by Crippen LogP contribution is 2.41. The Balaban J connectivity index is 2.91. The van der Waals surface area contributed by atoms with Crippen molar-refractivity contribution >= 4 is 11.5 Å². The van der Waals surface area contributed by atoms with E-state index in [0.717, 1.165) is 0 Å². The number of ketones is 1. The molecule has 0 aliphatic heterocycles. The standard InChI is InChI=1S/C16H6F12N4O2/c1-34-6(8-11(15(23,24)25)31-4-32-12(8)16(26,27)28)2-5(33)7-9(13(17,18)19)29-3-30-10(7)14(20,21)22/h2-4H,1H3/b6-2-. The van der Waals surface area contributed by atoms with E-state index in [1.165, 1.54) is 0 Å². The smallest absolute Gasteiger partial charge is 0.434 e. The number of aromatic nitrogens is 4.